The van der Waals surface area contributed by atoms with Gasteiger partial charge in [0.05, 0.1) is 18.4 Å². The number of anilines is 1. The predicted octanol–water partition coefficient (Wildman–Crippen LogP) is 4.41. The molecule has 0 fully saturated rings. The molecule has 0 spiro atoms. The number of carbonyl (C=O) groups excluding carboxylic acids is 2. The Bertz CT molecular complexity index is 1200. The zero-order valence-electron chi connectivity index (χ0n) is 16.0. The minimum Gasteiger partial charge on any atom is -0.465 e. The maximum atomic E-state index is 12.2. The molecule has 1 N–H and O–H groups in total. The standard InChI is InChI=1S/C22H17N3O4S/c1-28-21(27)15-8-10-18(11-9-15)23-19(26)13-30-22-25-24-20(29-22)17-7-6-14-4-2-3-5-16(14)12-17/h2-12H,13H2,1H3,(H,23,26). The Labute approximate surface area is 176 Å². The zero-order chi connectivity index (χ0) is 20.9. The van der Waals surface area contributed by atoms with Crippen LogP contribution in [0.1, 0.15) is 10.4 Å². The average Bonchev–Trinajstić information content (AvgIpc) is 3.26. The van der Waals surface area contributed by atoms with Crippen LogP contribution in [0.5, 0.6) is 0 Å². The highest BCUT2D eigenvalue weighted by Crippen LogP contribution is 2.26. The second-order valence-corrected chi connectivity index (χ2v) is 7.27. The molecule has 1 heterocycles. The van der Waals surface area contributed by atoms with Crippen molar-refractivity contribution >= 4 is 40.1 Å². The van der Waals surface area contributed by atoms with E-state index >= 15 is 0 Å². The van der Waals surface area contributed by atoms with Crippen LogP contribution in [-0.2, 0) is 9.53 Å². The van der Waals surface area contributed by atoms with Gasteiger partial charge in [0.15, 0.2) is 0 Å². The number of hydrogen-bond acceptors (Lipinski definition) is 7. The summed E-state index contributed by atoms with van der Waals surface area (Å²) in [5.74, 6) is -0.140. The number of amides is 1. The first-order valence-electron chi connectivity index (χ1n) is 9.06. The Morgan fingerprint density at radius 3 is 2.53 bits per heavy atom. The number of benzene rings is 3. The van der Waals surface area contributed by atoms with Crippen LogP contribution in [-0.4, -0.2) is 34.9 Å². The fraction of sp³-hybridized carbons (Fsp3) is 0.0909. The van der Waals surface area contributed by atoms with Crippen LogP contribution in [0.15, 0.2) is 76.4 Å². The summed E-state index contributed by atoms with van der Waals surface area (Å²) in [4.78, 5) is 23.6. The van der Waals surface area contributed by atoms with Crippen molar-refractivity contribution in [3.05, 3.63) is 72.3 Å². The van der Waals surface area contributed by atoms with Crippen LogP contribution in [0.4, 0.5) is 5.69 Å². The summed E-state index contributed by atoms with van der Waals surface area (Å²) in [6.07, 6.45) is 0. The van der Waals surface area contributed by atoms with E-state index in [0.29, 0.717) is 22.4 Å². The number of nitrogens with zero attached hydrogens (tertiary/aromatic N) is 2. The summed E-state index contributed by atoms with van der Waals surface area (Å²) < 4.78 is 10.3. The molecule has 150 valence electrons. The third-order valence-electron chi connectivity index (χ3n) is 4.32. The van der Waals surface area contributed by atoms with E-state index in [1.807, 2.05) is 42.5 Å². The molecule has 1 aromatic heterocycles. The van der Waals surface area contributed by atoms with Gasteiger partial charge >= 0.3 is 5.97 Å². The lowest BCUT2D eigenvalue weighted by Crippen LogP contribution is -2.14. The molecule has 3 aromatic carbocycles. The minimum absolute atomic E-state index is 0.109. The van der Waals surface area contributed by atoms with Gasteiger partial charge < -0.3 is 14.5 Å². The number of methoxy groups -OCH3 is 1. The van der Waals surface area contributed by atoms with E-state index in [4.69, 9.17) is 4.42 Å². The van der Waals surface area contributed by atoms with E-state index in [2.05, 4.69) is 20.3 Å². The van der Waals surface area contributed by atoms with Gasteiger partial charge in [0.2, 0.25) is 11.8 Å². The maximum absolute atomic E-state index is 12.2. The van der Waals surface area contributed by atoms with Gasteiger partial charge in [-0.2, -0.15) is 0 Å². The first-order valence-corrected chi connectivity index (χ1v) is 10.0. The lowest BCUT2D eigenvalue weighted by atomic mass is 10.1. The Morgan fingerprint density at radius 1 is 1.00 bits per heavy atom. The second-order valence-electron chi connectivity index (χ2n) is 6.34. The Hall–Kier alpha value is -3.65. The zero-order valence-corrected chi connectivity index (χ0v) is 16.8. The van der Waals surface area contributed by atoms with E-state index < -0.39 is 5.97 Å². The van der Waals surface area contributed by atoms with Gasteiger partial charge in [-0.1, -0.05) is 42.1 Å². The lowest BCUT2D eigenvalue weighted by molar-refractivity contribution is -0.113. The molecule has 0 aliphatic carbocycles. The van der Waals surface area contributed by atoms with E-state index in [1.54, 1.807) is 24.3 Å². The number of esters is 1. The largest absolute Gasteiger partial charge is 0.465 e. The molecule has 7 nitrogen and oxygen atoms in total. The number of hydrogen-bond donors (Lipinski definition) is 1. The molecule has 8 heteroatoms. The fourth-order valence-corrected chi connectivity index (χ4v) is 3.40. The molecule has 30 heavy (non-hydrogen) atoms. The molecule has 0 bridgehead atoms. The van der Waals surface area contributed by atoms with Gasteiger partial charge in [0.25, 0.3) is 5.22 Å². The SMILES string of the molecule is COC(=O)c1ccc(NC(=O)CSc2nnc(-c3ccc4ccccc4c3)o2)cc1. The molecule has 0 unspecified atom stereocenters. The van der Waals surface area contributed by atoms with Crippen LogP contribution in [0, 0.1) is 0 Å². The predicted molar refractivity (Wildman–Crippen MR) is 114 cm³/mol. The monoisotopic (exact) mass is 419 g/mol. The minimum atomic E-state index is -0.429. The van der Waals surface area contributed by atoms with Gasteiger partial charge in [-0.3, -0.25) is 4.79 Å². The molecule has 4 rings (SSSR count). The fourth-order valence-electron chi connectivity index (χ4n) is 2.84. The summed E-state index contributed by atoms with van der Waals surface area (Å²) in [7, 11) is 1.32. The topological polar surface area (TPSA) is 94.3 Å². The highest BCUT2D eigenvalue weighted by Gasteiger charge is 2.12. The Balaban J connectivity index is 1.35. The number of thioether (sulfide) groups is 1. The van der Waals surface area contributed by atoms with E-state index in [9.17, 15) is 9.59 Å². The quantitative estimate of drug-likeness (QED) is 0.365. The molecule has 0 radical (unpaired) electrons. The van der Waals surface area contributed by atoms with Crippen molar-refractivity contribution in [1.29, 1.82) is 0 Å². The first-order chi connectivity index (χ1) is 14.6. The van der Waals surface area contributed by atoms with Crippen LogP contribution in [0.25, 0.3) is 22.2 Å². The van der Waals surface area contributed by atoms with Crippen molar-refractivity contribution in [1.82, 2.24) is 10.2 Å². The number of rotatable bonds is 6. The normalized spacial score (nSPS) is 10.7. The molecule has 4 aromatic rings. The second kappa shape index (κ2) is 8.79. The first kappa shape index (κ1) is 19.7. The van der Waals surface area contributed by atoms with Crippen molar-refractivity contribution in [2.45, 2.75) is 5.22 Å². The molecule has 0 aliphatic rings. The molecule has 0 atom stereocenters. The highest BCUT2D eigenvalue weighted by molar-refractivity contribution is 7.99. The Kier molecular flexibility index (Phi) is 5.76. The van der Waals surface area contributed by atoms with E-state index in [1.165, 1.54) is 7.11 Å². The number of fused-ring (bicyclic) bond motifs is 1. The summed E-state index contributed by atoms with van der Waals surface area (Å²) in [5, 5.41) is 13.4. The van der Waals surface area contributed by atoms with Gasteiger partial charge in [0.1, 0.15) is 0 Å². The van der Waals surface area contributed by atoms with Crippen molar-refractivity contribution in [3.8, 4) is 11.5 Å². The summed E-state index contributed by atoms with van der Waals surface area (Å²) in [5.41, 5.74) is 1.82. The maximum Gasteiger partial charge on any atom is 0.337 e. The van der Waals surface area contributed by atoms with Gasteiger partial charge in [-0.25, -0.2) is 4.79 Å². The van der Waals surface area contributed by atoms with Crippen LogP contribution >= 0.6 is 11.8 Å². The van der Waals surface area contributed by atoms with Crippen molar-refractivity contribution in [2.24, 2.45) is 0 Å². The summed E-state index contributed by atoms with van der Waals surface area (Å²) in [6.45, 7) is 0. The summed E-state index contributed by atoms with van der Waals surface area (Å²) >= 11 is 1.15. The van der Waals surface area contributed by atoms with Gasteiger partial charge in [0, 0.05) is 11.3 Å². The molecule has 0 saturated heterocycles. The van der Waals surface area contributed by atoms with Crippen LogP contribution in [0.2, 0.25) is 0 Å². The smallest absolute Gasteiger partial charge is 0.337 e. The summed E-state index contributed by atoms with van der Waals surface area (Å²) in [6, 6.07) is 20.4. The third kappa shape index (κ3) is 4.49. The van der Waals surface area contributed by atoms with E-state index in [0.717, 1.165) is 28.1 Å². The van der Waals surface area contributed by atoms with Gasteiger partial charge in [-0.05, 0) is 47.2 Å². The highest BCUT2D eigenvalue weighted by atomic mass is 32.2. The number of aromatic nitrogens is 2. The molecule has 0 aliphatic heterocycles. The number of nitrogens with one attached hydrogen (secondary N) is 1. The third-order valence-corrected chi connectivity index (χ3v) is 5.14. The van der Waals surface area contributed by atoms with Crippen molar-refractivity contribution in [3.63, 3.8) is 0 Å². The number of carbonyl (C=O) groups is 2. The van der Waals surface area contributed by atoms with Gasteiger partial charge in [-0.15, -0.1) is 10.2 Å². The molecular formula is C22H17N3O4S. The lowest BCUT2D eigenvalue weighted by Gasteiger charge is -2.05. The molecular weight excluding hydrogens is 402 g/mol. The Morgan fingerprint density at radius 2 is 1.77 bits per heavy atom. The molecule has 0 saturated carbocycles. The molecule has 1 amide bonds. The number of ether oxygens (including phenoxy) is 1. The van der Waals surface area contributed by atoms with Crippen LogP contribution in [0.3, 0.4) is 0 Å². The van der Waals surface area contributed by atoms with Crippen molar-refractivity contribution in [2.75, 3.05) is 18.2 Å². The van der Waals surface area contributed by atoms with Crippen LogP contribution < -0.4 is 5.32 Å². The van der Waals surface area contributed by atoms with Crippen molar-refractivity contribution < 1.29 is 18.7 Å². The average molecular weight is 419 g/mol. The van der Waals surface area contributed by atoms with E-state index in [-0.39, 0.29) is 11.7 Å².